The van der Waals surface area contributed by atoms with Gasteiger partial charge in [0.25, 0.3) is 0 Å². The van der Waals surface area contributed by atoms with Crippen LogP contribution in [0.15, 0.2) is 42.7 Å². The number of benzene rings is 1. The summed E-state index contributed by atoms with van der Waals surface area (Å²) in [6.45, 7) is 2.22. The lowest BCUT2D eigenvalue weighted by atomic mass is 10.0. The van der Waals surface area contributed by atoms with E-state index < -0.39 is 6.10 Å². The zero-order chi connectivity index (χ0) is 14.7. The highest BCUT2D eigenvalue weighted by atomic mass is 35.5. The van der Waals surface area contributed by atoms with Crippen molar-refractivity contribution < 1.29 is 5.11 Å². The monoisotopic (exact) mass is 305 g/mol. The maximum Gasteiger partial charge on any atom is 0.0862 e. The normalized spacial score (nSPS) is 20.8. The molecule has 112 valence electrons. The lowest BCUT2D eigenvalue weighted by molar-refractivity contribution is 0.0891. The van der Waals surface area contributed by atoms with Crippen LogP contribution in [0.2, 0.25) is 5.02 Å². The van der Waals surface area contributed by atoms with E-state index in [0.717, 1.165) is 24.4 Å². The molecule has 0 amide bonds. The van der Waals surface area contributed by atoms with Crippen molar-refractivity contribution in [1.29, 1.82) is 0 Å². The number of halogens is 1. The van der Waals surface area contributed by atoms with Crippen molar-refractivity contribution in [3.63, 3.8) is 0 Å². The van der Waals surface area contributed by atoms with E-state index in [9.17, 15) is 5.11 Å². The summed E-state index contributed by atoms with van der Waals surface area (Å²) in [7, 11) is 0. The van der Waals surface area contributed by atoms with Crippen molar-refractivity contribution in [1.82, 2.24) is 14.7 Å². The lowest BCUT2D eigenvalue weighted by Crippen LogP contribution is -2.34. The third-order valence-electron chi connectivity index (χ3n) is 4.00. The average molecular weight is 306 g/mol. The van der Waals surface area contributed by atoms with E-state index >= 15 is 0 Å². The Bertz CT molecular complexity index is 573. The highest BCUT2D eigenvalue weighted by molar-refractivity contribution is 6.30. The van der Waals surface area contributed by atoms with Gasteiger partial charge in [0.2, 0.25) is 0 Å². The number of aliphatic hydroxyl groups excluding tert-OH is 1. The molecular formula is C16H20ClN3O. The molecule has 2 heterocycles. The second-order valence-corrected chi connectivity index (χ2v) is 6.03. The molecule has 5 heteroatoms. The first-order valence-electron chi connectivity index (χ1n) is 7.37. The molecule has 1 aromatic carbocycles. The second-order valence-electron chi connectivity index (χ2n) is 5.59. The third kappa shape index (κ3) is 3.64. The predicted molar refractivity (Wildman–Crippen MR) is 83.2 cm³/mol. The molecule has 0 bridgehead atoms. The van der Waals surface area contributed by atoms with Crippen LogP contribution in [-0.2, 0) is 6.54 Å². The molecule has 1 aliphatic rings. The molecule has 0 saturated carbocycles. The van der Waals surface area contributed by atoms with Crippen LogP contribution in [0.4, 0.5) is 0 Å². The summed E-state index contributed by atoms with van der Waals surface area (Å²) in [6.07, 6.45) is 5.48. The molecule has 1 fully saturated rings. The first kappa shape index (κ1) is 14.6. The Balaban J connectivity index is 1.64. The molecule has 0 aliphatic carbocycles. The van der Waals surface area contributed by atoms with Crippen molar-refractivity contribution in [2.45, 2.75) is 31.5 Å². The largest absolute Gasteiger partial charge is 0.390 e. The summed E-state index contributed by atoms with van der Waals surface area (Å²) >= 11 is 6.09. The van der Waals surface area contributed by atoms with Gasteiger partial charge in [0.05, 0.1) is 12.6 Å². The summed E-state index contributed by atoms with van der Waals surface area (Å²) < 4.78 is 1.77. The summed E-state index contributed by atoms with van der Waals surface area (Å²) in [5, 5.41) is 15.2. The Morgan fingerprint density at radius 3 is 3.00 bits per heavy atom. The first-order chi connectivity index (χ1) is 10.2. The van der Waals surface area contributed by atoms with Gasteiger partial charge in [-0.15, -0.1) is 0 Å². The number of aromatic nitrogens is 2. The highest BCUT2D eigenvalue weighted by Crippen LogP contribution is 2.32. The van der Waals surface area contributed by atoms with E-state index in [1.54, 1.807) is 10.9 Å². The summed E-state index contributed by atoms with van der Waals surface area (Å²) in [5.41, 5.74) is 1.24. The summed E-state index contributed by atoms with van der Waals surface area (Å²) in [6, 6.07) is 10.3. The predicted octanol–water partition coefficient (Wildman–Crippen LogP) is 2.73. The van der Waals surface area contributed by atoms with Gasteiger partial charge in [-0.25, -0.2) is 0 Å². The molecule has 2 atom stereocenters. The lowest BCUT2D eigenvalue weighted by Gasteiger charge is -2.27. The maximum absolute atomic E-state index is 10.3. The molecule has 0 unspecified atom stereocenters. The minimum Gasteiger partial charge on any atom is -0.390 e. The molecule has 2 aromatic rings. The Morgan fingerprint density at radius 1 is 1.33 bits per heavy atom. The molecule has 3 rings (SSSR count). The molecule has 1 aromatic heterocycles. The van der Waals surface area contributed by atoms with Gasteiger partial charge in [-0.05, 0) is 43.1 Å². The maximum atomic E-state index is 10.3. The van der Waals surface area contributed by atoms with E-state index in [2.05, 4.69) is 16.1 Å². The minimum atomic E-state index is -0.412. The summed E-state index contributed by atoms with van der Waals surface area (Å²) in [5.74, 6) is 0. The minimum absolute atomic E-state index is 0.357. The number of likely N-dealkylation sites (tertiary alicyclic amines) is 1. The van der Waals surface area contributed by atoms with Crippen LogP contribution in [0.25, 0.3) is 0 Å². The van der Waals surface area contributed by atoms with Crippen LogP contribution >= 0.6 is 11.6 Å². The molecule has 1 aliphatic heterocycles. The number of β-amino-alcohol motifs (C(OH)–C–C–N with tert-alkyl or cyclic N) is 1. The first-order valence-corrected chi connectivity index (χ1v) is 7.75. The standard InChI is InChI=1S/C16H20ClN3O/c17-14-5-1-4-13(10-14)16-6-2-8-19(16)11-15(21)12-20-9-3-7-18-20/h1,3-5,7,9-10,15-16,21H,2,6,8,11-12H2/t15-,16+/m0/s1. The Kier molecular flexibility index (Phi) is 4.58. The van der Waals surface area contributed by atoms with Crippen molar-refractivity contribution in [3.8, 4) is 0 Å². The van der Waals surface area contributed by atoms with Crippen LogP contribution in [0.1, 0.15) is 24.4 Å². The fourth-order valence-electron chi connectivity index (χ4n) is 3.09. The highest BCUT2D eigenvalue weighted by Gasteiger charge is 2.27. The topological polar surface area (TPSA) is 41.3 Å². The molecular weight excluding hydrogens is 286 g/mol. The van der Waals surface area contributed by atoms with Gasteiger partial charge in [-0.2, -0.15) is 5.10 Å². The smallest absolute Gasteiger partial charge is 0.0862 e. The zero-order valence-electron chi connectivity index (χ0n) is 11.9. The van der Waals surface area contributed by atoms with Gasteiger partial charge >= 0.3 is 0 Å². The van der Waals surface area contributed by atoms with Crippen molar-refractivity contribution in [3.05, 3.63) is 53.3 Å². The number of nitrogens with zero attached hydrogens (tertiary/aromatic N) is 3. The van der Waals surface area contributed by atoms with E-state index in [0.29, 0.717) is 19.1 Å². The Hall–Kier alpha value is -1.36. The fraction of sp³-hybridized carbons (Fsp3) is 0.438. The molecule has 21 heavy (non-hydrogen) atoms. The van der Waals surface area contributed by atoms with E-state index in [1.807, 2.05) is 30.5 Å². The third-order valence-corrected chi connectivity index (χ3v) is 4.23. The second kappa shape index (κ2) is 6.60. The van der Waals surface area contributed by atoms with Crippen LogP contribution in [0.3, 0.4) is 0 Å². The van der Waals surface area contributed by atoms with Gasteiger partial charge in [-0.3, -0.25) is 9.58 Å². The van der Waals surface area contributed by atoms with E-state index in [-0.39, 0.29) is 0 Å². The van der Waals surface area contributed by atoms with Crippen molar-refractivity contribution in [2.75, 3.05) is 13.1 Å². The van der Waals surface area contributed by atoms with Gasteiger partial charge in [-0.1, -0.05) is 23.7 Å². The SMILES string of the molecule is O[C@@H](CN1CCC[C@@H]1c1cccc(Cl)c1)Cn1cccn1. The van der Waals surface area contributed by atoms with E-state index in [4.69, 9.17) is 11.6 Å². The van der Waals surface area contributed by atoms with Crippen LogP contribution in [0, 0.1) is 0 Å². The van der Waals surface area contributed by atoms with Crippen molar-refractivity contribution in [2.24, 2.45) is 0 Å². The van der Waals surface area contributed by atoms with Crippen LogP contribution in [0.5, 0.6) is 0 Å². The molecule has 0 radical (unpaired) electrons. The average Bonchev–Trinajstić information content (AvgIpc) is 3.10. The summed E-state index contributed by atoms with van der Waals surface area (Å²) in [4.78, 5) is 2.35. The molecule has 1 N–H and O–H groups in total. The zero-order valence-corrected chi connectivity index (χ0v) is 12.7. The van der Waals surface area contributed by atoms with E-state index in [1.165, 1.54) is 5.56 Å². The number of hydrogen-bond donors (Lipinski definition) is 1. The molecule has 4 nitrogen and oxygen atoms in total. The van der Waals surface area contributed by atoms with Gasteiger partial charge in [0.1, 0.15) is 0 Å². The number of rotatable bonds is 5. The van der Waals surface area contributed by atoms with Gasteiger partial charge in [0.15, 0.2) is 0 Å². The van der Waals surface area contributed by atoms with Crippen molar-refractivity contribution >= 4 is 11.6 Å². The number of aliphatic hydroxyl groups is 1. The molecule has 1 saturated heterocycles. The number of hydrogen-bond acceptors (Lipinski definition) is 3. The molecule has 0 spiro atoms. The van der Waals surface area contributed by atoms with Crippen LogP contribution in [-0.4, -0.2) is 39.0 Å². The fourth-order valence-corrected chi connectivity index (χ4v) is 3.29. The Morgan fingerprint density at radius 2 is 2.24 bits per heavy atom. The van der Waals surface area contributed by atoms with Gasteiger partial charge < -0.3 is 5.11 Å². The van der Waals surface area contributed by atoms with Gasteiger partial charge in [0, 0.05) is 30.0 Å². The quantitative estimate of drug-likeness (QED) is 0.923. The van der Waals surface area contributed by atoms with Crippen LogP contribution < -0.4 is 0 Å². The Labute approximate surface area is 130 Å².